The van der Waals surface area contributed by atoms with Gasteiger partial charge in [-0.15, -0.1) is 5.10 Å². The van der Waals surface area contributed by atoms with E-state index in [9.17, 15) is 30.8 Å². The highest BCUT2D eigenvalue weighted by molar-refractivity contribution is 7.91. The van der Waals surface area contributed by atoms with Gasteiger partial charge in [-0.25, -0.2) is 22.5 Å². The summed E-state index contributed by atoms with van der Waals surface area (Å²) < 4.78 is 84.0. The molecule has 0 radical (unpaired) electrons. The van der Waals surface area contributed by atoms with Crippen LogP contribution in [0, 0.1) is 11.2 Å². The van der Waals surface area contributed by atoms with E-state index in [0.717, 1.165) is 12.3 Å². The number of rotatable bonds is 5. The summed E-state index contributed by atoms with van der Waals surface area (Å²) in [4.78, 5) is 22.1. The molecule has 2 atom stereocenters. The summed E-state index contributed by atoms with van der Waals surface area (Å²) in [7, 11) is -2.55. The highest BCUT2D eigenvalue weighted by Crippen LogP contribution is 2.51. The summed E-state index contributed by atoms with van der Waals surface area (Å²) in [5.74, 6) is -1.13. The maximum absolute atomic E-state index is 14.2. The fourth-order valence-corrected chi connectivity index (χ4v) is 7.36. The van der Waals surface area contributed by atoms with Crippen molar-refractivity contribution in [1.29, 1.82) is 0 Å². The van der Waals surface area contributed by atoms with Crippen LogP contribution in [0.25, 0.3) is 11.8 Å². The molecule has 0 aliphatic heterocycles. The minimum atomic E-state index is -4.70. The van der Waals surface area contributed by atoms with Crippen molar-refractivity contribution in [3.63, 3.8) is 0 Å². The van der Waals surface area contributed by atoms with Crippen molar-refractivity contribution in [2.75, 3.05) is 0 Å². The van der Waals surface area contributed by atoms with Crippen molar-refractivity contribution in [1.82, 2.24) is 29.5 Å². The molecule has 41 heavy (non-hydrogen) atoms. The average Bonchev–Trinajstić information content (AvgIpc) is 3.57. The fraction of sp³-hybridized carbons (Fsp3) is 0.296. The molecule has 0 amide bonds. The first-order valence-electron chi connectivity index (χ1n) is 12.6. The fourth-order valence-electron chi connectivity index (χ4n) is 5.69. The number of aromatic nitrogens is 6. The minimum absolute atomic E-state index is 0.00616. The summed E-state index contributed by atoms with van der Waals surface area (Å²) in [6.07, 6.45) is 0.865. The van der Waals surface area contributed by atoms with Crippen LogP contribution in [0.2, 0.25) is 0 Å². The molecule has 4 aromatic rings. The topological polar surface area (TPSA) is 113 Å². The van der Waals surface area contributed by atoms with Gasteiger partial charge in [-0.05, 0) is 73.7 Å². The zero-order chi connectivity index (χ0) is 29.2. The van der Waals surface area contributed by atoms with Gasteiger partial charge in [0.05, 0.1) is 33.8 Å². The Hall–Kier alpha value is -4.20. The van der Waals surface area contributed by atoms with Gasteiger partial charge in [-0.1, -0.05) is 5.57 Å². The average molecular weight is 587 g/mol. The molecule has 2 aliphatic rings. The number of pyridine rings is 1. The number of alkyl halides is 3. The Balaban J connectivity index is 1.47. The number of fused-ring (bicyclic) bond motifs is 2. The third-order valence-corrected chi connectivity index (χ3v) is 9.69. The van der Waals surface area contributed by atoms with Crippen LogP contribution >= 0.6 is 0 Å². The molecule has 3 heterocycles. The van der Waals surface area contributed by atoms with Gasteiger partial charge in [0.25, 0.3) is 5.16 Å². The molecule has 0 bridgehead atoms. The first-order chi connectivity index (χ1) is 19.4. The number of hydrogen-bond donors (Lipinski definition) is 0. The highest BCUT2D eigenvalue weighted by atomic mass is 32.2. The molecule has 1 aromatic carbocycles. The Morgan fingerprint density at radius 3 is 2.56 bits per heavy atom. The standard InChI is InChI=1S/C27H22F4N6O3S/c1-36-15-33-25(35-36)41(39,40)21-7-2-17-11-23-16(14-34-37(23)20-5-3-19(28)4-6-20)12-26(17,13-21)24(38)22-10-18(8-9-32-22)27(29,30)31/h3-6,8-11,14-15,21H,2,7,12-13H2,1H3/t21-,26-/m0/s1. The molecule has 9 nitrogen and oxygen atoms in total. The lowest BCUT2D eigenvalue weighted by molar-refractivity contribution is -0.137. The molecular weight excluding hydrogens is 564 g/mol. The van der Waals surface area contributed by atoms with Crippen molar-refractivity contribution in [3.8, 4) is 5.69 Å². The lowest BCUT2D eigenvalue weighted by atomic mass is 9.61. The van der Waals surface area contributed by atoms with Crippen LogP contribution in [0.1, 0.15) is 46.6 Å². The Kier molecular flexibility index (Phi) is 6.21. The number of carbonyl (C=O) groups is 1. The maximum atomic E-state index is 14.2. The smallest absolute Gasteiger partial charge is 0.291 e. The second kappa shape index (κ2) is 9.43. The molecule has 3 aromatic heterocycles. The van der Waals surface area contributed by atoms with Gasteiger partial charge < -0.3 is 0 Å². The van der Waals surface area contributed by atoms with Crippen molar-refractivity contribution >= 4 is 21.7 Å². The Bertz CT molecular complexity index is 1810. The molecule has 6 rings (SSSR count). The van der Waals surface area contributed by atoms with E-state index in [-0.39, 0.29) is 30.8 Å². The number of hydrogen-bond acceptors (Lipinski definition) is 7. The van der Waals surface area contributed by atoms with Crippen molar-refractivity contribution in [3.05, 3.63) is 89.0 Å². The van der Waals surface area contributed by atoms with Crippen LogP contribution < -0.4 is 0 Å². The SMILES string of the molecule is Cn1cnc(S(=O)(=O)[C@H]2CCC3=Cc4c(cnn4-c4ccc(F)cc4)C[C@]3(C(=O)c3cc(C(F)(F)F)ccn3)C2)n1. The van der Waals surface area contributed by atoms with Crippen LogP contribution in [0.5, 0.6) is 0 Å². The normalized spacial score (nSPS) is 20.7. The Morgan fingerprint density at radius 2 is 1.88 bits per heavy atom. The molecule has 0 spiro atoms. The zero-order valence-electron chi connectivity index (χ0n) is 21.5. The third-order valence-electron chi connectivity index (χ3n) is 7.71. The zero-order valence-corrected chi connectivity index (χ0v) is 22.3. The quantitative estimate of drug-likeness (QED) is 0.252. The Morgan fingerprint density at radius 1 is 1.12 bits per heavy atom. The van der Waals surface area contributed by atoms with Gasteiger partial charge in [0.2, 0.25) is 9.84 Å². The number of allylic oxidation sites excluding steroid dienone is 1. The molecular formula is C27H22F4N6O3S. The van der Waals surface area contributed by atoms with E-state index in [1.54, 1.807) is 22.9 Å². The third kappa shape index (κ3) is 4.55. The van der Waals surface area contributed by atoms with Gasteiger partial charge in [0.1, 0.15) is 17.8 Å². The number of carbonyl (C=O) groups excluding carboxylic acids is 1. The van der Waals surface area contributed by atoms with Crippen LogP contribution in [0.15, 0.2) is 65.8 Å². The lowest BCUT2D eigenvalue weighted by Gasteiger charge is -2.43. The number of ketones is 1. The molecule has 1 saturated carbocycles. The summed E-state index contributed by atoms with van der Waals surface area (Å²) >= 11 is 0. The first kappa shape index (κ1) is 27.0. The van der Waals surface area contributed by atoms with Crippen LogP contribution in [-0.2, 0) is 29.5 Å². The summed E-state index contributed by atoms with van der Waals surface area (Å²) in [5.41, 5.74) is -0.581. The van der Waals surface area contributed by atoms with E-state index in [1.165, 1.54) is 36.4 Å². The van der Waals surface area contributed by atoms with E-state index in [0.29, 0.717) is 28.6 Å². The predicted molar refractivity (Wildman–Crippen MR) is 137 cm³/mol. The number of nitrogens with zero attached hydrogens (tertiary/aromatic N) is 6. The Labute approximate surface area is 231 Å². The molecule has 14 heteroatoms. The van der Waals surface area contributed by atoms with E-state index < -0.39 is 49.5 Å². The number of Topliss-reactive ketones (excluding diaryl/α,β-unsaturated/α-hetero) is 1. The van der Waals surface area contributed by atoms with E-state index in [2.05, 4.69) is 20.2 Å². The summed E-state index contributed by atoms with van der Waals surface area (Å²) in [6, 6.07) is 7.14. The van der Waals surface area contributed by atoms with E-state index in [1.807, 2.05) is 0 Å². The largest absolute Gasteiger partial charge is 0.416 e. The second-order valence-corrected chi connectivity index (χ2v) is 12.4. The first-order valence-corrected chi connectivity index (χ1v) is 14.1. The number of halogens is 4. The van der Waals surface area contributed by atoms with Gasteiger partial charge in [-0.3, -0.25) is 14.5 Å². The molecule has 1 fully saturated rings. The number of benzene rings is 1. The minimum Gasteiger partial charge on any atom is -0.291 e. The lowest BCUT2D eigenvalue weighted by Crippen LogP contribution is -2.46. The molecule has 0 unspecified atom stereocenters. The van der Waals surface area contributed by atoms with Crippen LogP contribution in [0.3, 0.4) is 0 Å². The van der Waals surface area contributed by atoms with Gasteiger partial charge in [0, 0.05) is 13.2 Å². The summed E-state index contributed by atoms with van der Waals surface area (Å²) in [6.45, 7) is 0. The van der Waals surface area contributed by atoms with Gasteiger partial charge in [0.15, 0.2) is 5.78 Å². The summed E-state index contributed by atoms with van der Waals surface area (Å²) in [5, 5.41) is 6.92. The number of aryl methyl sites for hydroxylation is 1. The van der Waals surface area contributed by atoms with E-state index in [4.69, 9.17) is 0 Å². The van der Waals surface area contributed by atoms with Gasteiger partial charge in [-0.2, -0.15) is 18.3 Å². The molecule has 0 saturated heterocycles. The molecule has 2 aliphatic carbocycles. The van der Waals surface area contributed by atoms with Gasteiger partial charge >= 0.3 is 6.18 Å². The maximum Gasteiger partial charge on any atom is 0.416 e. The molecule has 212 valence electrons. The molecule has 0 N–H and O–H groups in total. The van der Waals surface area contributed by atoms with Crippen molar-refractivity contribution in [2.24, 2.45) is 12.5 Å². The predicted octanol–water partition coefficient (Wildman–Crippen LogP) is 4.39. The van der Waals surface area contributed by atoms with Crippen molar-refractivity contribution < 1.29 is 30.8 Å². The van der Waals surface area contributed by atoms with E-state index >= 15 is 0 Å². The number of sulfone groups is 1. The van der Waals surface area contributed by atoms with Crippen LogP contribution in [-0.4, -0.2) is 49.0 Å². The van der Waals surface area contributed by atoms with Crippen molar-refractivity contribution in [2.45, 2.75) is 42.3 Å². The van der Waals surface area contributed by atoms with Crippen LogP contribution in [0.4, 0.5) is 17.6 Å². The second-order valence-electron chi connectivity index (χ2n) is 10.2. The monoisotopic (exact) mass is 586 g/mol. The highest BCUT2D eigenvalue weighted by Gasteiger charge is 2.52.